The zero-order valence-corrected chi connectivity index (χ0v) is 14.5. The van der Waals surface area contributed by atoms with Gasteiger partial charge < -0.3 is 13.9 Å². The third-order valence-corrected chi connectivity index (χ3v) is 4.17. The molecular formula is C20H19N5O. The lowest BCUT2D eigenvalue weighted by Crippen LogP contribution is -2.06. The van der Waals surface area contributed by atoms with Gasteiger partial charge in [-0.1, -0.05) is 30.3 Å². The van der Waals surface area contributed by atoms with E-state index in [2.05, 4.69) is 19.7 Å². The van der Waals surface area contributed by atoms with Gasteiger partial charge in [0, 0.05) is 38.0 Å². The molecule has 0 radical (unpaired) electrons. The molecule has 2 aromatic heterocycles. The fraction of sp³-hybridized carbons (Fsp3) is 0.150. The number of ether oxygens (including phenoxy) is 1. The fourth-order valence-corrected chi connectivity index (χ4v) is 2.83. The summed E-state index contributed by atoms with van der Waals surface area (Å²) in [5.41, 5.74) is 1.02. The van der Waals surface area contributed by atoms with Gasteiger partial charge in [0.2, 0.25) is 0 Å². The van der Waals surface area contributed by atoms with Crippen LogP contribution in [0.2, 0.25) is 0 Å². The van der Waals surface area contributed by atoms with E-state index in [4.69, 9.17) is 4.74 Å². The maximum atomic E-state index is 5.93. The van der Waals surface area contributed by atoms with Gasteiger partial charge in [-0.2, -0.15) is 0 Å². The van der Waals surface area contributed by atoms with Crippen molar-refractivity contribution in [2.24, 2.45) is 7.05 Å². The molecule has 6 nitrogen and oxygen atoms in total. The molecule has 0 atom stereocenters. The predicted molar refractivity (Wildman–Crippen MR) is 98.9 cm³/mol. The van der Waals surface area contributed by atoms with Gasteiger partial charge in [-0.3, -0.25) is 0 Å². The Balaban J connectivity index is 1.54. The Morgan fingerprint density at radius 1 is 1.00 bits per heavy atom. The van der Waals surface area contributed by atoms with Crippen molar-refractivity contribution in [1.29, 1.82) is 0 Å². The van der Waals surface area contributed by atoms with Crippen LogP contribution >= 0.6 is 0 Å². The zero-order valence-electron chi connectivity index (χ0n) is 14.5. The summed E-state index contributed by atoms with van der Waals surface area (Å²) in [4.78, 5) is 4.52. The van der Waals surface area contributed by atoms with Crippen LogP contribution in [0.3, 0.4) is 0 Å². The molecular weight excluding hydrogens is 326 g/mol. The standard InChI is InChI=1S/C20H19N5O/c1-24-15-22-23-19(24)10-12-25-13-11-21-20(25)16-6-5-9-18(14-16)26-17-7-3-2-4-8-17/h2-9,11,13-15H,10,12H2,1H3. The quantitative estimate of drug-likeness (QED) is 0.534. The van der Waals surface area contributed by atoms with Gasteiger partial charge >= 0.3 is 0 Å². The number of para-hydroxylation sites is 1. The Bertz CT molecular complexity index is 990. The number of nitrogens with zero attached hydrogens (tertiary/aromatic N) is 5. The molecule has 0 aliphatic rings. The molecule has 26 heavy (non-hydrogen) atoms. The van der Waals surface area contributed by atoms with Gasteiger partial charge in [0.05, 0.1) is 0 Å². The van der Waals surface area contributed by atoms with Crippen LogP contribution in [0.1, 0.15) is 5.82 Å². The van der Waals surface area contributed by atoms with Gasteiger partial charge in [-0.05, 0) is 24.3 Å². The third kappa shape index (κ3) is 3.49. The van der Waals surface area contributed by atoms with Crippen LogP contribution in [-0.2, 0) is 20.0 Å². The molecule has 0 unspecified atom stereocenters. The summed E-state index contributed by atoms with van der Waals surface area (Å²) in [6.07, 6.45) is 6.31. The number of aromatic nitrogens is 5. The topological polar surface area (TPSA) is 57.8 Å². The highest BCUT2D eigenvalue weighted by Crippen LogP contribution is 2.26. The summed E-state index contributed by atoms with van der Waals surface area (Å²) in [7, 11) is 1.95. The van der Waals surface area contributed by atoms with E-state index < -0.39 is 0 Å². The van der Waals surface area contributed by atoms with E-state index in [1.54, 1.807) is 6.33 Å². The Kier molecular flexibility index (Phi) is 4.47. The first-order chi connectivity index (χ1) is 12.8. The molecule has 0 saturated carbocycles. The Labute approximate surface area is 151 Å². The molecule has 6 heteroatoms. The number of benzene rings is 2. The predicted octanol–water partition coefficient (Wildman–Crippen LogP) is 3.71. The Morgan fingerprint density at radius 3 is 2.65 bits per heavy atom. The minimum absolute atomic E-state index is 0.783. The second kappa shape index (κ2) is 7.23. The number of imidazole rings is 1. The molecule has 0 bridgehead atoms. The van der Waals surface area contributed by atoms with Crippen molar-refractivity contribution in [3.8, 4) is 22.9 Å². The van der Waals surface area contributed by atoms with Crippen molar-refractivity contribution in [3.05, 3.63) is 79.1 Å². The minimum atomic E-state index is 0.783. The maximum absolute atomic E-state index is 5.93. The van der Waals surface area contributed by atoms with Crippen LogP contribution in [0.15, 0.2) is 73.3 Å². The minimum Gasteiger partial charge on any atom is -0.457 e. The van der Waals surface area contributed by atoms with E-state index in [0.717, 1.165) is 41.7 Å². The van der Waals surface area contributed by atoms with Crippen molar-refractivity contribution < 1.29 is 4.74 Å². The summed E-state index contributed by atoms with van der Waals surface area (Å²) >= 11 is 0. The van der Waals surface area contributed by atoms with Crippen LogP contribution in [0.4, 0.5) is 0 Å². The van der Waals surface area contributed by atoms with E-state index >= 15 is 0 Å². The average molecular weight is 345 g/mol. The van der Waals surface area contributed by atoms with Crippen LogP contribution in [0.25, 0.3) is 11.4 Å². The van der Waals surface area contributed by atoms with Crippen LogP contribution in [-0.4, -0.2) is 24.3 Å². The maximum Gasteiger partial charge on any atom is 0.140 e. The summed E-state index contributed by atoms with van der Waals surface area (Å²) < 4.78 is 9.99. The van der Waals surface area contributed by atoms with Gasteiger partial charge in [-0.25, -0.2) is 4.98 Å². The lowest BCUT2D eigenvalue weighted by Gasteiger charge is -2.10. The number of hydrogen-bond acceptors (Lipinski definition) is 4. The Hall–Kier alpha value is -3.41. The van der Waals surface area contributed by atoms with E-state index in [1.807, 2.05) is 78.6 Å². The third-order valence-electron chi connectivity index (χ3n) is 4.17. The first kappa shape index (κ1) is 16.1. The second-order valence-electron chi connectivity index (χ2n) is 6.00. The molecule has 2 heterocycles. The summed E-state index contributed by atoms with van der Waals surface area (Å²) in [6, 6.07) is 17.7. The van der Waals surface area contributed by atoms with Crippen molar-refractivity contribution in [2.45, 2.75) is 13.0 Å². The van der Waals surface area contributed by atoms with E-state index in [1.165, 1.54) is 0 Å². The molecule has 2 aromatic carbocycles. The highest BCUT2D eigenvalue weighted by Gasteiger charge is 2.09. The van der Waals surface area contributed by atoms with Crippen LogP contribution < -0.4 is 4.74 Å². The Morgan fingerprint density at radius 2 is 1.85 bits per heavy atom. The van der Waals surface area contributed by atoms with E-state index in [-0.39, 0.29) is 0 Å². The first-order valence-electron chi connectivity index (χ1n) is 8.47. The number of hydrogen-bond donors (Lipinski definition) is 0. The van der Waals surface area contributed by atoms with Gasteiger partial charge in [0.25, 0.3) is 0 Å². The summed E-state index contributed by atoms with van der Waals surface area (Å²) in [5, 5.41) is 8.06. The van der Waals surface area contributed by atoms with Crippen molar-refractivity contribution in [2.75, 3.05) is 0 Å². The largest absolute Gasteiger partial charge is 0.457 e. The highest BCUT2D eigenvalue weighted by atomic mass is 16.5. The molecule has 4 aromatic rings. The first-order valence-corrected chi connectivity index (χ1v) is 8.47. The molecule has 0 spiro atoms. The molecule has 130 valence electrons. The highest BCUT2D eigenvalue weighted by molar-refractivity contribution is 5.58. The van der Waals surface area contributed by atoms with Crippen LogP contribution in [0, 0.1) is 0 Å². The average Bonchev–Trinajstić information content (AvgIpc) is 3.30. The normalized spacial score (nSPS) is 10.8. The van der Waals surface area contributed by atoms with E-state index in [0.29, 0.717) is 0 Å². The molecule has 0 aliphatic carbocycles. The second-order valence-corrected chi connectivity index (χ2v) is 6.00. The smallest absolute Gasteiger partial charge is 0.140 e. The lowest BCUT2D eigenvalue weighted by molar-refractivity contribution is 0.483. The number of rotatable bonds is 6. The van der Waals surface area contributed by atoms with Crippen molar-refractivity contribution >= 4 is 0 Å². The summed E-state index contributed by atoms with van der Waals surface area (Å²) in [6.45, 7) is 0.783. The molecule has 0 fully saturated rings. The van der Waals surface area contributed by atoms with Gasteiger partial charge in [0.1, 0.15) is 29.5 Å². The lowest BCUT2D eigenvalue weighted by atomic mass is 10.2. The van der Waals surface area contributed by atoms with Crippen molar-refractivity contribution in [1.82, 2.24) is 24.3 Å². The summed E-state index contributed by atoms with van der Waals surface area (Å²) in [5.74, 6) is 3.46. The molecule has 0 N–H and O–H groups in total. The molecule has 0 aliphatic heterocycles. The fourth-order valence-electron chi connectivity index (χ4n) is 2.83. The molecule has 4 rings (SSSR count). The van der Waals surface area contributed by atoms with Gasteiger partial charge in [0.15, 0.2) is 0 Å². The molecule has 0 amide bonds. The number of aryl methyl sites for hydroxylation is 3. The zero-order chi connectivity index (χ0) is 17.8. The van der Waals surface area contributed by atoms with Gasteiger partial charge in [-0.15, -0.1) is 10.2 Å². The molecule has 0 saturated heterocycles. The van der Waals surface area contributed by atoms with Crippen LogP contribution in [0.5, 0.6) is 11.5 Å². The SMILES string of the molecule is Cn1cnnc1CCn1ccnc1-c1cccc(Oc2ccccc2)c1. The van der Waals surface area contributed by atoms with E-state index in [9.17, 15) is 0 Å². The van der Waals surface area contributed by atoms with Crippen molar-refractivity contribution in [3.63, 3.8) is 0 Å². The monoisotopic (exact) mass is 345 g/mol.